The third kappa shape index (κ3) is 4.85. The Morgan fingerprint density at radius 2 is 1.42 bits per heavy atom. The number of nitriles is 1. The van der Waals surface area contributed by atoms with E-state index in [1.165, 1.54) is 41.3 Å². The molecule has 2 rings (SSSR count). The number of benzene rings is 2. The number of nitro benzene ring substituents is 2. The first kappa shape index (κ1) is 18.5. The Morgan fingerprint density at radius 1 is 0.962 bits per heavy atom. The molecule has 0 spiro atoms. The fourth-order valence-electron chi connectivity index (χ4n) is 2.39. The van der Waals surface area contributed by atoms with Gasteiger partial charge in [-0.25, -0.2) is 0 Å². The normalized spacial score (nSPS) is 9.96. The largest absolute Gasteiger partial charge is 0.333 e. The summed E-state index contributed by atoms with van der Waals surface area (Å²) in [4.78, 5) is 34.3. The molecule has 0 bridgehead atoms. The molecule has 2 aromatic carbocycles. The Bertz CT molecular complexity index is 831. The van der Waals surface area contributed by atoms with E-state index < -0.39 is 15.8 Å². The van der Waals surface area contributed by atoms with Gasteiger partial charge in [0.15, 0.2) is 0 Å². The summed E-state index contributed by atoms with van der Waals surface area (Å²) >= 11 is 0. The predicted molar refractivity (Wildman–Crippen MR) is 90.7 cm³/mol. The molecule has 9 nitrogen and oxygen atoms in total. The lowest BCUT2D eigenvalue weighted by atomic mass is 10.1. The van der Waals surface area contributed by atoms with Crippen LogP contribution in [0.2, 0.25) is 0 Å². The maximum atomic E-state index is 12.2. The molecule has 0 aliphatic heterocycles. The summed E-state index contributed by atoms with van der Waals surface area (Å²) in [5, 5.41) is 30.5. The fourth-order valence-corrected chi connectivity index (χ4v) is 2.39. The standard InChI is InChI=1S/C17H14N4O5/c18-8-7-17(22)19(11-13-3-1-5-15(9-13)20(23)24)12-14-4-2-6-16(10-14)21(25)26/h1-6,9-10H,7,11-12H2. The number of rotatable bonds is 7. The molecule has 2 aromatic rings. The summed E-state index contributed by atoms with van der Waals surface area (Å²) in [6.45, 7) is 0.0930. The molecular formula is C17H14N4O5. The first-order chi connectivity index (χ1) is 12.4. The molecule has 0 saturated heterocycles. The van der Waals surface area contributed by atoms with E-state index in [2.05, 4.69) is 0 Å². The van der Waals surface area contributed by atoms with Crippen LogP contribution in [0.3, 0.4) is 0 Å². The minimum absolute atomic E-state index is 0.0465. The highest BCUT2D eigenvalue weighted by molar-refractivity contribution is 5.78. The van der Waals surface area contributed by atoms with Gasteiger partial charge in [0.1, 0.15) is 6.42 Å². The number of nitrogens with zero attached hydrogens (tertiary/aromatic N) is 4. The van der Waals surface area contributed by atoms with Crippen molar-refractivity contribution in [1.29, 1.82) is 5.26 Å². The number of hydrogen-bond acceptors (Lipinski definition) is 6. The molecule has 0 radical (unpaired) electrons. The highest BCUT2D eigenvalue weighted by Gasteiger charge is 2.17. The van der Waals surface area contributed by atoms with Gasteiger partial charge in [-0.3, -0.25) is 25.0 Å². The SMILES string of the molecule is N#CCC(=O)N(Cc1cccc([N+](=O)[O-])c1)Cc1cccc([N+](=O)[O-])c1. The lowest BCUT2D eigenvalue weighted by Crippen LogP contribution is -2.29. The highest BCUT2D eigenvalue weighted by atomic mass is 16.6. The lowest BCUT2D eigenvalue weighted by molar-refractivity contribution is -0.385. The van der Waals surface area contributed by atoms with Crippen molar-refractivity contribution in [2.75, 3.05) is 0 Å². The van der Waals surface area contributed by atoms with Crippen molar-refractivity contribution in [1.82, 2.24) is 4.90 Å². The van der Waals surface area contributed by atoms with Crippen LogP contribution in [0.25, 0.3) is 0 Å². The second kappa shape index (κ2) is 8.34. The predicted octanol–water partition coefficient (Wildman–Crippen LogP) is 2.95. The molecule has 0 aliphatic rings. The molecular weight excluding hydrogens is 340 g/mol. The molecule has 9 heteroatoms. The van der Waals surface area contributed by atoms with Crippen LogP contribution in [0.15, 0.2) is 48.5 Å². The monoisotopic (exact) mass is 354 g/mol. The minimum atomic E-state index is -0.536. The number of carbonyl (C=O) groups is 1. The van der Waals surface area contributed by atoms with Crippen molar-refractivity contribution in [2.45, 2.75) is 19.5 Å². The zero-order valence-electron chi connectivity index (χ0n) is 13.6. The second-order valence-electron chi connectivity index (χ2n) is 5.44. The number of nitro groups is 2. The van der Waals surface area contributed by atoms with Crippen LogP contribution >= 0.6 is 0 Å². The van der Waals surface area contributed by atoms with Crippen LogP contribution < -0.4 is 0 Å². The van der Waals surface area contributed by atoms with Gasteiger partial charge in [0.25, 0.3) is 11.4 Å². The molecule has 0 N–H and O–H groups in total. The Labute approximate surface area is 148 Å². The molecule has 0 heterocycles. The maximum absolute atomic E-state index is 12.2. The Balaban J connectivity index is 2.27. The zero-order valence-corrected chi connectivity index (χ0v) is 13.6. The first-order valence-electron chi connectivity index (χ1n) is 7.52. The molecule has 0 fully saturated rings. The summed E-state index contributed by atoms with van der Waals surface area (Å²) in [5.74, 6) is -0.467. The van der Waals surface area contributed by atoms with Gasteiger partial charge in [0.2, 0.25) is 5.91 Å². The van der Waals surface area contributed by atoms with Gasteiger partial charge in [-0.05, 0) is 11.1 Å². The van der Waals surface area contributed by atoms with Crippen LogP contribution in [0, 0.1) is 31.6 Å². The van der Waals surface area contributed by atoms with Crippen LogP contribution in [-0.2, 0) is 17.9 Å². The second-order valence-corrected chi connectivity index (χ2v) is 5.44. The van der Waals surface area contributed by atoms with Crippen LogP contribution in [-0.4, -0.2) is 20.7 Å². The maximum Gasteiger partial charge on any atom is 0.269 e. The third-order valence-electron chi connectivity index (χ3n) is 3.57. The van der Waals surface area contributed by atoms with Crippen molar-refractivity contribution >= 4 is 17.3 Å². The fraction of sp³-hybridized carbons (Fsp3) is 0.176. The van der Waals surface area contributed by atoms with Gasteiger partial charge < -0.3 is 4.90 Å². The number of carbonyl (C=O) groups excluding carboxylic acids is 1. The number of hydrogen-bond donors (Lipinski definition) is 0. The molecule has 0 aromatic heterocycles. The molecule has 0 saturated carbocycles. The molecule has 132 valence electrons. The molecule has 26 heavy (non-hydrogen) atoms. The topological polar surface area (TPSA) is 130 Å². The minimum Gasteiger partial charge on any atom is -0.333 e. The molecule has 1 amide bonds. The van der Waals surface area contributed by atoms with Crippen molar-refractivity contribution < 1.29 is 14.6 Å². The summed E-state index contributed by atoms with van der Waals surface area (Å²) in [6.07, 6.45) is -0.357. The Hall–Kier alpha value is -3.80. The third-order valence-corrected chi connectivity index (χ3v) is 3.57. The van der Waals surface area contributed by atoms with Crippen molar-refractivity contribution in [2.24, 2.45) is 0 Å². The highest BCUT2D eigenvalue weighted by Crippen LogP contribution is 2.19. The van der Waals surface area contributed by atoms with E-state index in [0.717, 1.165) is 0 Å². The lowest BCUT2D eigenvalue weighted by Gasteiger charge is -2.22. The van der Waals surface area contributed by atoms with Gasteiger partial charge in [-0.15, -0.1) is 0 Å². The van der Waals surface area contributed by atoms with Crippen molar-refractivity contribution in [3.8, 4) is 6.07 Å². The van der Waals surface area contributed by atoms with E-state index >= 15 is 0 Å². The smallest absolute Gasteiger partial charge is 0.269 e. The molecule has 0 atom stereocenters. The van der Waals surface area contributed by atoms with E-state index in [1.807, 2.05) is 0 Å². The van der Waals surface area contributed by atoms with Crippen LogP contribution in [0.5, 0.6) is 0 Å². The molecule has 0 aliphatic carbocycles. The van der Waals surface area contributed by atoms with Crippen LogP contribution in [0.1, 0.15) is 17.5 Å². The summed E-state index contributed by atoms with van der Waals surface area (Å²) in [6, 6.07) is 13.4. The van der Waals surface area contributed by atoms with Crippen molar-refractivity contribution in [3.05, 3.63) is 79.9 Å². The van der Waals surface area contributed by atoms with E-state index in [9.17, 15) is 25.0 Å². The summed E-state index contributed by atoms with van der Waals surface area (Å²) in [5.41, 5.74) is 0.836. The van der Waals surface area contributed by atoms with Gasteiger partial charge >= 0.3 is 0 Å². The van der Waals surface area contributed by atoms with Gasteiger partial charge in [0, 0.05) is 37.4 Å². The zero-order chi connectivity index (χ0) is 19.1. The quantitative estimate of drug-likeness (QED) is 0.555. The van der Waals surface area contributed by atoms with Gasteiger partial charge in [-0.1, -0.05) is 24.3 Å². The van der Waals surface area contributed by atoms with Gasteiger partial charge in [0.05, 0.1) is 15.9 Å². The summed E-state index contributed by atoms with van der Waals surface area (Å²) in [7, 11) is 0. The number of amides is 1. The first-order valence-corrected chi connectivity index (χ1v) is 7.52. The van der Waals surface area contributed by atoms with Crippen LogP contribution in [0.4, 0.5) is 11.4 Å². The number of non-ortho nitro benzene ring substituents is 2. The Kier molecular flexibility index (Phi) is 5.95. The van der Waals surface area contributed by atoms with E-state index in [-0.39, 0.29) is 30.9 Å². The summed E-state index contributed by atoms with van der Waals surface area (Å²) < 4.78 is 0. The van der Waals surface area contributed by atoms with E-state index in [1.54, 1.807) is 18.2 Å². The van der Waals surface area contributed by atoms with Gasteiger partial charge in [-0.2, -0.15) is 5.26 Å². The molecule has 0 unspecified atom stereocenters. The van der Waals surface area contributed by atoms with E-state index in [0.29, 0.717) is 11.1 Å². The van der Waals surface area contributed by atoms with E-state index in [4.69, 9.17) is 5.26 Å². The Morgan fingerprint density at radius 3 is 1.81 bits per heavy atom. The average molecular weight is 354 g/mol. The van der Waals surface area contributed by atoms with Crippen molar-refractivity contribution in [3.63, 3.8) is 0 Å². The average Bonchev–Trinajstić information content (AvgIpc) is 2.62.